The molecule has 0 radical (unpaired) electrons. The van der Waals surface area contributed by atoms with Crippen molar-refractivity contribution in [2.45, 2.75) is 17.7 Å². The smallest absolute Gasteiger partial charge is 0.406 e. The van der Waals surface area contributed by atoms with Gasteiger partial charge in [0.05, 0.1) is 5.75 Å². The van der Waals surface area contributed by atoms with Crippen molar-refractivity contribution in [3.8, 4) is 5.75 Å². The normalized spacial score (nSPS) is 11.9. The predicted octanol–water partition coefficient (Wildman–Crippen LogP) is 4.12. The Labute approximate surface area is 146 Å². The number of nitrogens with one attached hydrogen (secondary N) is 1. The number of carbonyl (C=O) groups is 1. The second-order valence-corrected chi connectivity index (χ2v) is 5.57. The highest BCUT2D eigenvalue weighted by molar-refractivity contribution is 7.99. The minimum absolute atomic E-state index is 0.190. The number of amides is 1. The zero-order chi connectivity index (χ0) is 19.4. The van der Waals surface area contributed by atoms with Crippen molar-refractivity contribution in [2.24, 2.45) is 0 Å². The van der Waals surface area contributed by atoms with Crippen LogP contribution < -0.4 is 10.1 Å². The summed E-state index contributed by atoms with van der Waals surface area (Å²) in [6.45, 7) is 0. The highest BCUT2D eigenvalue weighted by Crippen LogP contribution is 2.28. The number of carbonyl (C=O) groups excluding carboxylic acids is 1. The molecule has 1 N–H and O–H groups in total. The van der Waals surface area contributed by atoms with Gasteiger partial charge >= 0.3 is 12.5 Å². The van der Waals surface area contributed by atoms with Crippen molar-refractivity contribution in [2.75, 3.05) is 11.1 Å². The summed E-state index contributed by atoms with van der Waals surface area (Å²) < 4.78 is 77.4. The molecule has 140 valence electrons. The molecule has 1 heterocycles. The molecule has 0 aliphatic carbocycles. The van der Waals surface area contributed by atoms with E-state index >= 15 is 0 Å². The maximum atomic E-state index is 12.5. The summed E-state index contributed by atoms with van der Waals surface area (Å²) in [4.78, 5) is 18.7. The van der Waals surface area contributed by atoms with E-state index in [9.17, 15) is 31.1 Å². The number of benzene rings is 1. The number of halogens is 6. The number of ether oxygens (including phenoxy) is 1. The van der Waals surface area contributed by atoms with Gasteiger partial charge in [0.25, 0.3) is 0 Å². The van der Waals surface area contributed by atoms with Gasteiger partial charge in [-0.25, -0.2) is 9.97 Å². The lowest BCUT2D eigenvalue weighted by Gasteiger charge is -2.10. The number of aromatic nitrogens is 2. The van der Waals surface area contributed by atoms with E-state index in [1.165, 1.54) is 12.1 Å². The Morgan fingerprint density at radius 3 is 2.31 bits per heavy atom. The van der Waals surface area contributed by atoms with Crippen LogP contribution in [-0.2, 0) is 11.0 Å². The molecule has 0 spiro atoms. The first-order valence-corrected chi connectivity index (χ1v) is 7.70. The van der Waals surface area contributed by atoms with Crippen molar-refractivity contribution in [3.05, 3.63) is 42.2 Å². The van der Waals surface area contributed by atoms with Crippen LogP contribution >= 0.6 is 11.8 Å². The SMILES string of the molecule is O=C(CSc1nccc(C(F)(F)F)n1)Nc1ccc(OC(F)(F)F)cc1. The lowest BCUT2D eigenvalue weighted by Crippen LogP contribution is -2.17. The summed E-state index contributed by atoms with van der Waals surface area (Å²) >= 11 is 0.681. The largest absolute Gasteiger partial charge is 0.573 e. The molecular formula is C14H9F6N3O2S. The zero-order valence-corrected chi connectivity index (χ0v) is 13.4. The molecular weight excluding hydrogens is 388 g/mol. The van der Waals surface area contributed by atoms with Crippen molar-refractivity contribution in [1.29, 1.82) is 0 Å². The standard InChI is InChI=1S/C14H9F6N3O2S/c15-13(16,17)10-5-6-21-12(23-10)26-7-11(24)22-8-1-3-9(4-2-8)25-14(18,19)20/h1-6H,7H2,(H,22,24). The first-order valence-electron chi connectivity index (χ1n) is 6.72. The summed E-state index contributed by atoms with van der Waals surface area (Å²) in [5.74, 6) is -1.34. The van der Waals surface area contributed by atoms with Crippen molar-refractivity contribution >= 4 is 23.4 Å². The summed E-state index contributed by atoms with van der Waals surface area (Å²) in [5, 5.41) is 2.14. The predicted molar refractivity (Wildman–Crippen MR) is 79.5 cm³/mol. The molecule has 1 aromatic heterocycles. The van der Waals surface area contributed by atoms with Gasteiger partial charge in [0, 0.05) is 11.9 Å². The third-order valence-electron chi connectivity index (χ3n) is 2.63. The van der Waals surface area contributed by atoms with Crippen LogP contribution in [0.25, 0.3) is 0 Å². The van der Waals surface area contributed by atoms with E-state index in [1.54, 1.807) is 0 Å². The minimum atomic E-state index is -4.83. The monoisotopic (exact) mass is 397 g/mol. The summed E-state index contributed by atoms with van der Waals surface area (Å²) in [7, 11) is 0. The van der Waals surface area contributed by atoms with Gasteiger partial charge in [-0.3, -0.25) is 4.79 Å². The molecule has 0 saturated heterocycles. The van der Waals surface area contributed by atoms with E-state index in [0.29, 0.717) is 17.8 Å². The van der Waals surface area contributed by atoms with Crippen LogP contribution in [0, 0.1) is 0 Å². The third kappa shape index (κ3) is 6.43. The second-order valence-electron chi connectivity index (χ2n) is 4.63. The van der Waals surface area contributed by atoms with E-state index in [1.807, 2.05) is 0 Å². The van der Waals surface area contributed by atoms with E-state index in [-0.39, 0.29) is 16.6 Å². The van der Waals surface area contributed by atoms with Crippen LogP contribution in [0.5, 0.6) is 5.75 Å². The average Bonchev–Trinajstić information content (AvgIpc) is 2.53. The molecule has 0 atom stereocenters. The van der Waals surface area contributed by atoms with Gasteiger partial charge in [0.15, 0.2) is 5.16 Å². The highest BCUT2D eigenvalue weighted by Gasteiger charge is 2.33. The second kappa shape index (κ2) is 7.81. The first kappa shape index (κ1) is 19.8. The number of nitrogens with zero attached hydrogens (tertiary/aromatic N) is 2. The Kier molecular flexibility index (Phi) is 5.95. The fourth-order valence-corrected chi connectivity index (χ4v) is 2.27. The zero-order valence-electron chi connectivity index (χ0n) is 12.6. The van der Waals surface area contributed by atoms with Crippen molar-refractivity contribution in [3.63, 3.8) is 0 Å². The van der Waals surface area contributed by atoms with E-state index in [4.69, 9.17) is 0 Å². The first-order chi connectivity index (χ1) is 12.0. The molecule has 12 heteroatoms. The molecule has 1 aromatic carbocycles. The van der Waals surface area contributed by atoms with E-state index in [2.05, 4.69) is 20.0 Å². The molecule has 0 aliphatic rings. The molecule has 0 fully saturated rings. The fraction of sp³-hybridized carbons (Fsp3) is 0.214. The van der Waals surface area contributed by atoms with Crippen molar-refractivity contribution < 1.29 is 35.9 Å². The van der Waals surface area contributed by atoms with Gasteiger partial charge in [-0.1, -0.05) is 11.8 Å². The molecule has 26 heavy (non-hydrogen) atoms. The fourth-order valence-electron chi connectivity index (χ4n) is 1.64. The number of anilines is 1. The summed E-state index contributed by atoms with van der Waals surface area (Å²) in [6, 6.07) is 5.09. The van der Waals surface area contributed by atoms with E-state index in [0.717, 1.165) is 18.3 Å². The Hall–Kier alpha value is -2.50. The van der Waals surface area contributed by atoms with Crippen LogP contribution in [0.4, 0.5) is 32.0 Å². The molecule has 0 unspecified atom stereocenters. The Morgan fingerprint density at radius 2 is 1.73 bits per heavy atom. The molecule has 2 rings (SSSR count). The van der Waals surface area contributed by atoms with Gasteiger partial charge in [-0.05, 0) is 30.3 Å². The Morgan fingerprint density at radius 1 is 1.08 bits per heavy atom. The van der Waals surface area contributed by atoms with Crippen LogP contribution in [0.3, 0.4) is 0 Å². The lowest BCUT2D eigenvalue weighted by molar-refractivity contribution is -0.274. The number of alkyl halides is 6. The summed E-state index contributed by atoms with van der Waals surface area (Å²) in [5.41, 5.74) is -0.939. The molecule has 1 amide bonds. The van der Waals surface area contributed by atoms with E-state index < -0.39 is 29.9 Å². The van der Waals surface area contributed by atoms with Gasteiger partial charge < -0.3 is 10.1 Å². The number of rotatable bonds is 5. The third-order valence-corrected chi connectivity index (χ3v) is 3.49. The molecule has 5 nitrogen and oxygen atoms in total. The Bertz CT molecular complexity index is 765. The van der Waals surface area contributed by atoms with Crippen LogP contribution in [0.1, 0.15) is 5.69 Å². The van der Waals surface area contributed by atoms with Crippen LogP contribution in [0.15, 0.2) is 41.7 Å². The molecule has 0 aliphatic heterocycles. The highest BCUT2D eigenvalue weighted by atomic mass is 32.2. The maximum Gasteiger partial charge on any atom is 0.573 e. The number of hydrogen-bond acceptors (Lipinski definition) is 5. The quantitative estimate of drug-likeness (QED) is 0.467. The summed E-state index contributed by atoms with van der Waals surface area (Å²) in [6.07, 6.45) is -8.53. The number of thioether (sulfide) groups is 1. The van der Waals surface area contributed by atoms with Gasteiger partial charge in [-0.15, -0.1) is 13.2 Å². The van der Waals surface area contributed by atoms with Gasteiger partial charge in [0.1, 0.15) is 11.4 Å². The Balaban J connectivity index is 1.89. The minimum Gasteiger partial charge on any atom is -0.406 e. The van der Waals surface area contributed by atoms with Crippen molar-refractivity contribution in [1.82, 2.24) is 9.97 Å². The molecule has 0 bridgehead atoms. The van der Waals surface area contributed by atoms with Crippen LogP contribution in [0.2, 0.25) is 0 Å². The maximum absolute atomic E-state index is 12.5. The topological polar surface area (TPSA) is 64.1 Å². The average molecular weight is 397 g/mol. The molecule has 2 aromatic rings. The van der Waals surface area contributed by atoms with Gasteiger partial charge in [0.2, 0.25) is 5.91 Å². The molecule has 0 saturated carbocycles. The van der Waals surface area contributed by atoms with Crippen LogP contribution in [-0.4, -0.2) is 28.0 Å². The number of hydrogen-bond donors (Lipinski definition) is 1. The lowest BCUT2D eigenvalue weighted by atomic mass is 10.3. The van der Waals surface area contributed by atoms with Gasteiger partial charge in [-0.2, -0.15) is 13.2 Å².